The number of benzene rings is 1. The van der Waals surface area contributed by atoms with E-state index in [0.29, 0.717) is 0 Å². The van der Waals surface area contributed by atoms with Crippen LogP contribution in [0.15, 0.2) is 18.2 Å². The molecule has 0 radical (unpaired) electrons. The highest BCUT2D eigenvalue weighted by Gasteiger charge is 2.21. The summed E-state index contributed by atoms with van der Waals surface area (Å²) in [6, 6.07) is 2.51. The third-order valence-corrected chi connectivity index (χ3v) is 2.72. The quantitative estimate of drug-likeness (QED) is 0.841. The van der Waals surface area contributed by atoms with Crippen LogP contribution >= 0.6 is 0 Å². The normalized spacial score (nSPS) is 12.2. The average molecular weight is 285 g/mol. The largest absolute Gasteiger partial charge is 0.480 e. The van der Waals surface area contributed by atoms with Gasteiger partial charge in [-0.05, 0) is 18.4 Å². The second-order valence-corrected chi connectivity index (χ2v) is 4.98. The molecule has 0 aliphatic heterocycles. The number of carbonyl (C=O) groups excluding carboxylic acids is 1. The lowest BCUT2D eigenvalue weighted by Crippen LogP contribution is -2.42. The van der Waals surface area contributed by atoms with Gasteiger partial charge in [0.1, 0.15) is 6.04 Å². The molecule has 0 heterocycles. The first-order chi connectivity index (χ1) is 9.31. The van der Waals surface area contributed by atoms with Crippen molar-refractivity contribution in [2.75, 3.05) is 0 Å². The van der Waals surface area contributed by atoms with E-state index in [1.54, 1.807) is 0 Å². The van der Waals surface area contributed by atoms with Crippen molar-refractivity contribution in [1.82, 2.24) is 5.32 Å². The van der Waals surface area contributed by atoms with E-state index in [9.17, 15) is 18.4 Å². The first-order valence-electron chi connectivity index (χ1n) is 6.26. The van der Waals surface area contributed by atoms with Crippen LogP contribution in [-0.4, -0.2) is 23.0 Å². The number of hydrogen-bond acceptors (Lipinski definition) is 2. The standard InChI is InChI=1S/C14H17F2NO3/c1-8(2)6-11(14(19)20)17-12(18)7-9-4-3-5-10(15)13(9)16/h3-5,8,11H,6-7H2,1-2H3,(H,17,18)(H,19,20)/t11-/m0/s1. The van der Waals surface area contributed by atoms with Gasteiger partial charge in [-0.15, -0.1) is 0 Å². The molecule has 6 heteroatoms. The molecule has 4 nitrogen and oxygen atoms in total. The molecular weight excluding hydrogens is 268 g/mol. The first-order valence-corrected chi connectivity index (χ1v) is 6.26. The van der Waals surface area contributed by atoms with Crippen LogP contribution in [0.25, 0.3) is 0 Å². The lowest BCUT2D eigenvalue weighted by Gasteiger charge is -2.16. The van der Waals surface area contributed by atoms with Crippen LogP contribution in [-0.2, 0) is 16.0 Å². The Kier molecular flexibility index (Phi) is 5.61. The van der Waals surface area contributed by atoms with Crippen LogP contribution < -0.4 is 5.32 Å². The summed E-state index contributed by atoms with van der Waals surface area (Å²) in [6.45, 7) is 3.66. The molecule has 0 unspecified atom stereocenters. The summed E-state index contributed by atoms with van der Waals surface area (Å²) in [4.78, 5) is 22.7. The highest BCUT2D eigenvalue weighted by molar-refractivity contribution is 5.84. The van der Waals surface area contributed by atoms with E-state index in [-0.39, 0.29) is 17.9 Å². The van der Waals surface area contributed by atoms with Gasteiger partial charge < -0.3 is 10.4 Å². The highest BCUT2D eigenvalue weighted by Crippen LogP contribution is 2.12. The number of nitrogens with one attached hydrogen (secondary N) is 1. The van der Waals surface area contributed by atoms with Gasteiger partial charge in [-0.3, -0.25) is 4.79 Å². The van der Waals surface area contributed by atoms with Gasteiger partial charge in [-0.1, -0.05) is 26.0 Å². The molecule has 0 saturated heterocycles. The fraction of sp³-hybridized carbons (Fsp3) is 0.429. The van der Waals surface area contributed by atoms with Gasteiger partial charge in [0, 0.05) is 5.56 Å². The summed E-state index contributed by atoms with van der Waals surface area (Å²) in [7, 11) is 0. The Morgan fingerprint density at radius 1 is 1.30 bits per heavy atom. The number of rotatable bonds is 6. The lowest BCUT2D eigenvalue weighted by molar-refractivity contribution is -0.142. The fourth-order valence-corrected chi connectivity index (χ4v) is 1.80. The highest BCUT2D eigenvalue weighted by atomic mass is 19.2. The maximum Gasteiger partial charge on any atom is 0.326 e. The Bertz CT molecular complexity index is 503. The summed E-state index contributed by atoms with van der Waals surface area (Å²) in [5, 5.41) is 11.3. The fourth-order valence-electron chi connectivity index (χ4n) is 1.80. The van der Waals surface area contributed by atoms with Gasteiger partial charge in [0.15, 0.2) is 11.6 Å². The van der Waals surface area contributed by atoms with Gasteiger partial charge in [-0.2, -0.15) is 0 Å². The summed E-state index contributed by atoms with van der Waals surface area (Å²) >= 11 is 0. The Morgan fingerprint density at radius 2 is 1.95 bits per heavy atom. The monoisotopic (exact) mass is 285 g/mol. The number of hydrogen-bond donors (Lipinski definition) is 2. The van der Waals surface area contributed by atoms with E-state index < -0.39 is 36.0 Å². The van der Waals surface area contributed by atoms with Crippen molar-refractivity contribution in [3.05, 3.63) is 35.4 Å². The summed E-state index contributed by atoms with van der Waals surface area (Å²) in [6.07, 6.45) is -0.127. The van der Waals surface area contributed by atoms with Crippen LogP contribution in [0, 0.1) is 17.6 Å². The topological polar surface area (TPSA) is 66.4 Å². The van der Waals surface area contributed by atoms with Gasteiger partial charge in [0.2, 0.25) is 5.91 Å². The molecule has 0 fully saturated rings. The summed E-state index contributed by atoms with van der Waals surface area (Å²) in [5.74, 6) is -3.83. The molecule has 0 bridgehead atoms. The second-order valence-electron chi connectivity index (χ2n) is 4.98. The SMILES string of the molecule is CC(C)C[C@H](NC(=O)Cc1cccc(F)c1F)C(=O)O. The van der Waals surface area contributed by atoms with Crippen molar-refractivity contribution >= 4 is 11.9 Å². The average Bonchev–Trinajstić information content (AvgIpc) is 2.33. The molecule has 1 aromatic rings. The number of amides is 1. The maximum absolute atomic E-state index is 13.4. The van der Waals surface area contributed by atoms with Crippen molar-refractivity contribution in [3.63, 3.8) is 0 Å². The molecule has 1 aromatic carbocycles. The Morgan fingerprint density at radius 3 is 2.50 bits per heavy atom. The molecule has 0 spiro atoms. The van der Waals surface area contributed by atoms with Crippen LogP contribution in [0.4, 0.5) is 8.78 Å². The van der Waals surface area contributed by atoms with Gasteiger partial charge >= 0.3 is 5.97 Å². The Balaban J connectivity index is 2.71. The van der Waals surface area contributed by atoms with Gasteiger partial charge in [-0.25, -0.2) is 13.6 Å². The smallest absolute Gasteiger partial charge is 0.326 e. The molecule has 2 N–H and O–H groups in total. The van der Waals surface area contributed by atoms with Crippen LogP contribution in [0.2, 0.25) is 0 Å². The van der Waals surface area contributed by atoms with Crippen LogP contribution in [0.5, 0.6) is 0 Å². The number of carbonyl (C=O) groups is 2. The van der Waals surface area contributed by atoms with Crippen molar-refractivity contribution in [2.24, 2.45) is 5.92 Å². The maximum atomic E-state index is 13.4. The molecule has 20 heavy (non-hydrogen) atoms. The van der Waals surface area contributed by atoms with E-state index in [1.807, 2.05) is 13.8 Å². The number of aliphatic carboxylic acids is 1. The van der Waals surface area contributed by atoms with Crippen LogP contribution in [0.3, 0.4) is 0 Å². The van der Waals surface area contributed by atoms with Gasteiger partial charge in [0.05, 0.1) is 6.42 Å². The molecule has 1 atom stereocenters. The zero-order valence-electron chi connectivity index (χ0n) is 11.3. The minimum atomic E-state index is -1.15. The number of halogens is 2. The molecule has 1 rings (SSSR count). The molecular formula is C14H17F2NO3. The molecule has 0 aromatic heterocycles. The number of carboxylic acid groups (broad SMARTS) is 1. The zero-order chi connectivity index (χ0) is 15.3. The zero-order valence-corrected chi connectivity index (χ0v) is 11.3. The second kappa shape index (κ2) is 6.98. The number of carboxylic acids is 1. The van der Waals surface area contributed by atoms with Crippen molar-refractivity contribution in [1.29, 1.82) is 0 Å². The van der Waals surface area contributed by atoms with E-state index >= 15 is 0 Å². The minimum Gasteiger partial charge on any atom is -0.480 e. The Labute approximate surface area is 115 Å². The van der Waals surface area contributed by atoms with E-state index in [0.717, 1.165) is 6.07 Å². The predicted molar refractivity (Wildman–Crippen MR) is 69.1 cm³/mol. The van der Waals surface area contributed by atoms with Crippen molar-refractivity contribution < 1.29 is 23.5 Å². The molecule has 1 amide bonds. The molecule has 0 saturated carbocycles. The third kappa shape index (κ3) is 4.60. The first kappa shape index (κ1) is 16.1. The van der Waals surface area contributed by atoms with Gasteiger partial charge in [0.25, 0.3) is 0 Å². The molecule has 110 valence electrons. The van der Waals surface area contributed by atoms with E-state index in [4.69, 9.17) is 5.11 Å². The molecule has 0 aliphatic rings. The lowest BCUT2D eigenvalue weighted by atomic mass is 10.0. The van der Waals surface area contributed by atoms with Crippen molar-refractivity contribution in [2.45, 2.75) is 32.7 Å². The summed E-state index contributed by atoms with van der Waals surface area (Å²) in [5.41, 5.74) is -0.101. The predicted octanol–water partition coefficient (Wildman–Crippen LogP) is 2.12. The summed E-state index contributed by atoms with van der Waals surface area (Å²) < 4.78 is 26.4. The van der Waals surface area contributed by atoms with Crippen molar-refractivity contribution in [3.8, 4) is 0 Å². The molecule has 0 aliphatic carbocycles. The Hall–Kier alpha value is -1.98. The van der Waals surface area contributed by atoms with E-state index in [2.05, 4.69) is 5.32 Å². The van der Waals surface area contributed by atoms with E-state index in [1.165, 1.54) is 12.1 Å². The minimum absolute atomic E-state index is 0.0855. The third-order valence-electron chi connectivity index (χ3n) is 2.72. The van der Waals surface area contributed by atoms with Crippen LogP contribution in [0.1, 0.15) is 25.8 Å².